The molecule has 0 aliphatic heterocycles. The van der Waals surface area contributed by atoms with Gasteiger partial charge in [-0.1, -0.05) is 20.3 Å². The van der Waals surface area contributed by atoms with Crippen LogP contribution in [0.4, 0.5) is 0 Å². The van der Waals surface area contributed by atoms with Crippen molar-refractivity contribution in [2.75, 3.05) is 6.54 Å². The van der Waals surface area contributed by atoms with E-state index < -0.39 is 0 Å². The van der Waals surface area contributed by atoms with Crippen molar-refractivity contribution in [3.8, 4) is 0 Å². The standard InChI is InChI=1S/C10H22N4/c1-3-5-8-7-9(8)13-10(14-11)12-6-4-2/h8-9H,3-7,11H2,1-2H3,(H2,12,13,14). The first-order valence-electron chi connectivity index (χ1n) is 5.59. The maximum atomic E-state index is 5.37. The third kappa shape index (κ3) is 3.54. The number of aliphatic imine (C=N–C) groups is 1. The molecule has 0 radical (unpaired) electrons. The molecule has 4 N–H and O–H groups in total. The fourth-order valence-corrected chi connectivity index (χ4v) is 1.65. The summed E-state index contributed by atoms with van der Waals surface area (Å²) >= 11 is 0. The van der Waals surface area contributed by atoms with E-state index in [2.05, 4.69) is 29.6 Å². The zero-order valence-corrected chi connectivity index (χ0v) is 9.21. The van der Waals surface area contributed by atoms with Gasteiger partial charge in [-0.3, -0.25) is 10.4 Å². The van der Waals surface area contributed by atoms with E-state index in [1.807, 2.05) is 0 Å². The molecular formula is C10H22N4. The molecule has 2 unspecified atom stereocenters. The third-order valence-corrected chi connectivity index (χ3v) is 2.53. The molecular weight excluding hydrogens is 176 g/mol. The predicted octanol–water partition coefficient (Wildman–Crippen LogP) is 0.994. The summed E-state index contributed by atoms with van der Waals surface area (Å²) < 4.78 is 0. The Morgan fingerprint density at radius 2 is 2.21 bits per heavy atom. The van der Waals surface area contributed by atoms with Crippen LogP contribution in [0.1, 0.15) is 39.5 Å². The number of nitrogens with one attached hydrogen (secondary N) is 2. The Bertz CT molecular complexity index is 191. The minimum atomic E-state index is 0.599. The van der Waals surface area contributed by atoms with Gasteiger partial charge in [0.2, 0.25) is 5.96 Å². The van der Waals surface area contributed by atoms with E-state index in [1.165, 1.54) is 19.3 Å². The lowest BCUT2D eigenvalue weighted by molar-refractivity contribution is 0.655. The minimum absolute atomic E-state index is 0.599. The van der Waals surface area contributed by atoms with Gasteiger partial charge in [-0.2, -0.15) is 0 Å². The summed E-state index contributed by atoms with van der Waals surface area (Å²) in [6.07, 6.45) is 4.89. The molecule has 4 nitrogen and oxygen atoms in total. The summed E-state index contributed by atoms with van der Waals surface area (Å²) in [6.45, 7) is 5.16. The second kappa shape index (κ2) is 5.86. The zero-order valence-electron chi connectivity index (χ0n) is 9.21. The van der Waals surface area contributed by atoms with Gasteiger partial charge in [-0.25, -0.2) is 5.84 Å². The van der Waals surface area contributed by atoms with Crippen molar-refractivity contribution in [2.45, 2.75) is 45.6 Å². The number of rotatable bonds is 5. The van der Waals surface area contributed by atoms with Gasteiger partial charge >= 0.3 is 0 Å². The van der Waals surface area contributed by atoms with Crippen LogP contribution in [-0.4, -0.2) is 18.5 Å². The summed E-state index contributed by atoms with van der Waals surface area (Å²) in [5.74, 6) is 6.95. The molecule has 0 amide bonds. The SMILES string of the molecule is CCCN=C(NN)NC1CC1CCC. The normalized spacial score (nSPS) is 26.1. The number of hydrogen-bond donors (Lipinski definition) is 3. The van der Waals surface area contributed by atoms with Crippen molar-refractivity contribution >= 4 is 5.96 Å². The van der Waals surface area contributed by atoms with Gasteiger partial charge in [-0.15, -0.1) is 0 Å². The smallest absolute Gasteiger partial charge is 0.205 e. The van der Waals surface area contributed by atoms with E-state index in [1.54, 1.807) is 0 Å². The molecule has 4 heteroatoms. The van der Waals surface area contributed by atoms with Crippen LogP contribution >= 0.6 is 0 Å². The topological polar surface area (TPSA) is 62.4 Å². The van der Waals surface area contributed by atoms with Crippen LogP contribution in [-0.2, 0) is 0 Å². The number of nitrogens with two attached hydrogens (primary N) is 1. The second-order valence-electron chi connectivity index (χ2n) is 3.91. The van der Waals surface area contributed by atoms with Crippen LogP contribution in [0.3, 0.4) is 0 Å². The van der Waals surface area contributed by atoms with Crippen molar-refractivity contribution in [3.05, 3.63) is 0 Å². The number of hydrazine groups is 1. The maximum absolute atomic E-state index is 5.37. The molecule has 1 saturated carbocycles. The Hall–Kier alpha value is -0.770. The van der Waals surface area contributed by atoms with Crippen LogP contribution in [0.2, 0.25) is 0 Å². The van der Waals surface area contributed by atoms with Crippen LogP contribution < -0.4 is 16.6 Å². The van der Waals surface area contributed by atoms with E-state index in [9.17, 15) is 0 Å². The molecule has 0 aromatic heterocycles. The van der Waals surface area contributed by atoms with E-state index >= 15 is 0 Å². The van der Waals surface area contributed by atoms with Gasteiger partial charge < -0.3 is 5.32 Å². The van der Waals surface area contributed by atoms with Gasteiger partial charge in [0.1, 0.15) is 0 Å². The van der Waals surface area contributed by atoms with Gasteiger partial charge in [-0.05, 0) is 25.2 Å². The highest BCUT2D eigenvalue weighted by atomic mass is 15.3. The molecule has 1 rings (SSSR count). The van der Waals surface area contributed by atoms with Gasteiger partial charge in [0.25, 0.3) is 0 Å². The van der Waals surface area contributed by atoms with Gasteiger partial charge in [0.05, 0.1) is 0 Å². The molecule has 1 aliphatic rings. The Morgan fingerprint density at radius 3 is 2.79 bits per heavy atom. The lowest BCUT2D eigenvalue weighted by Gasteiger charge is -2.08. The van der Waals surface area contributed by atoms with Gasteiger partial charge in [0, 0.05) is 12.6 Å². The second-order valence-corrected chi connectivity index (χ2v) is 3.91. The first-order valence-corrected chi connectivity index (χ1v) is 5.59. The van der Waals surface area contributed by atoms with Crippen molar-refractivity contribution in [1.29, 1.82) is 0 Å². The van der Waals surface area contributed by atoms with Crippen molar-refractivity contribution in [3.63, 3.8) is 0 Å². The van der Waals surface area contributed by atoms with Crippen molar-refractivity contribution in [2.24, 2.45) is 16.8 Å². The fourth-order valence-electron chi connectivity index (χ4n) is 1.65. The Labute approximate surface area is 86.3 Å². The monoisotopic (exact) mass is 198 g/mol. The number of guanidine groups is 1. The molecule has 1 fully saturated rings. The highest BCUT2D eigenvalue weighted by Crippen LogP contribution is 2.34. The van der Waals surface area contributed by atoms with Crippen LogP contribution in [0.15, 0.2) is 4.99 Å². The molecule has 0 aromatic carbocycles. The number of nitrogens with zero attached hydrogens (tertiary/aromatic N) is 1. The average molecular weight is 198 g/mol. The largest absolute Gasteiger partial charge is 0.352 e. The zero-order chi connectivity index (χ0) is 10.4. The summed E-state index contributed by atoms with van der Waals surface area (Å²) in [6, 6.07) is 0.599. The van der Waals surface area contributed by atoms with Gasteiger partial charge in [0.15, 0.2) is 0 Å². The average Bonchev–Trinajstić information content (AvgIpc) is 2.91. The fraction of sp³-hybridized carbons (Fsp3) is 0.900. The molecule has 82 valence electrons. The Morgan fingerprint density at radius 1 is 1.43 bits per heavy atom. The molecule has 0 bridgehead atoms. The van der Waals surface area contributed by atoms with Crippen LogP contribution in [0, 0.1) is 5.92 Å². The van der Waals surface area contributed by atoms with E-state index in [0.717, 1.165) is 24.8 Å². The highest BCUT2D eigenvalue weighted by molar-refractivity contribution is 5.79. The third-order valence-electron chi connectivity index (χ3n) is 2.53. The quantitative estimate of drug-likeness (QED) is 0.267. The lowest BCUT2D eigenvalue weighted by Crippen LogP contribution is -2.43. The Kier molecular flexibility index (Phi) is 4.73. The molecule has 0 spiro atoms. The van der Waals surface area contributed by atoms with E-state index in [-0.39, 0.29) is 0 Å². The predicted molar refractivity (Wildman–Crippen MR) is 59.9 cm³/mol. The lowest BCUT2D eigenvalue weighted by atomic mass is 10.2. The summed E-state index contributed by atoms with van der Waals surface area (Å²) in [5, 5.41) is 3.32. The van der Waals surface area contributed by atoms with E-state index in [4.69, 9.17) is 5.84 Å². The summed E-state index contributed by atoms with van der Waals surface area (Å²) in [4.78, 5) is 4.30. The molecule has 0 aromatic rings. The summed E-state index contributed by atoms with van der Waals surface area (Å²) in [7, 11) is 0. The minimum Gasteiger partial charge on any atom is -0.352 e. The maximum Gasteiger partial charge on any atom is 0.205 e. The summed E-state index contributed by atoms with van der Waals surface area (Å²) in [5.41, 5.74) is 2.61. The Balaban J connectivity index is 2.22. The molecule has 0 heterocycles. The molecule has 2 atom stereocenters. The molecule has 1 aliphatic carbocycles. The van der Waals surface area contributed by atoms with Crippen molar-refractivity contribution < 1.29 is 0 Å². The highest BCUT2D eigenvalue weighted by Gasteiger charge is 2.36. The first kappa shape index (κ1) is 11.3. The van der Waals surface area contributed by atoms with E-state index in [0.29, 0.717) is 6.04 Å². The van der Waals surface area contributed by atoms with Crippen LogP contribution in [0.25, 0.3) is 0 Å². The van der Waals surface area contributed by atoms with Crippen LogP contribution in [0.5, 0.6) is 0 Å². The molecule has 14 heavy (non-hydrogen) atoms. The number of hydrogen-bond acceptors (Lipinski definition) is 2. The van der Waals surface area contributed by atoms with Crippen molar-refractivity contribution in [1.82, 2.24) is 10.7 Å². The first-order chi connectivity index (χ1) is 6.81. The molecule has 0 saturated heterocycles.